The first-order valence-corrected chi connectivity index (χ1v) is 16.7. The van der Waals surface area contributed by atoms with Crippen molar-refractivity contribution in [1.82, 2.24) is 4.98 Å². The van der Waals surface area contributed by atoms with Gasteiger partial charge in [-0.2, -0.15) is 0 Å². The van der Waals surface area contributed by atoms with E-state index in [1.165, 1.54) is 0 Å². The van der Waals surface area contributed by atoms with Crippen LogP contribution in [-0.4, -0.2) is 41.4 Å². The molecule has 0 unspecified atom stereocenters. The van der Waals surface area contributed by atoms with Crippen molar-refractivity contribution in [2.45, 2.75) is 77.8 Å². The highest BCUT2D eigenvalue weighted by Crippen LogP contribution is 2.38. The number of nitrogens with zero attached hydrogens (tertiary/aromatic N) is 1. The molecular formula is C21H40BrNO3Si2. The zero-order valence-corrected chi connectivity index (χ0v) is 23.1. The Bertz CT molecular complexity index is 578. The molecule has 162 valence electrons. The van der Waals surface area contributed by atoms with Gasteiger partial charge in [0.05, 0.1) is 12.8 Å². The van der Waals surface area contributed by atoms with Gasteiger partial charge < -0.3 is 13.6 Å². The Hall–Kier alpha value is -0.216. The summed E-state index contributed by atoms with van der Waals surface area (Å²) in [7, 11) is -3.63. The van der Waals surface area contributed by atoms with Gasteiger partial charge in [0, 0.05) is 19.1 Å². The van der Waals surface area contributed by atoms with Crippen LogP contribution in [0.1, 0.15) is 41.5 Å². The van der Waals surface area contributed by atoms with Crippen LogP contribution in [0.2, 0.25) is 36.3 Å². The molecule has 0 radical (unpaired) electrons. The Morgan fingerprint density at radius 2 is 1.32 bits per heavy atom. The molecule has 0 atom stereocenters. The van der Waals surface area contributed by atoms with Gasteiger partial charge in [-0.3, -0.25) is 0 Å². The van der Waals surface area contributed by atoms with Crippen molar-refractivity contribution in [3.8, 4) is 5.75 Å². The summed E-state index contributed by atoms with van der Waals surface area (Å²) in [4.78, 5) is 4.24. The molecule has 0 N–H and O–H groups in total. The first-order chi connectivity index (χ1) is 12.6. The second kappa shape index (κ2) is 9.73. The molecule has 0 aromatic carbocycles. The lowest BCUT2D eigenvalue weighted by atomic mass is 10.2. The Morgan fingerprint density at radius 1 is 0.857 bits per heavy atom. The van der Waals surface area contributed by atoms with Crippen LogP contribution in [0.3, 0.4) is 0 Å². The largest absolute Gasteiger partial charge is 0.492 e. The van der Waals surface area contributed by atoms with Crippen molar-refractivity contribution in [3.63, 3.8) is 0 Å². The molecule has 0 aliphatic heterocycles. The minimum Gasteiger partial charge on any atom is -0.492 e. The van der Waals surface area contributed by atoms with Crippen LogP contribution in [0, 0.1) is 5.92 Å². The predicted octanol–water partition coefficient (Wildman–Crippen LogP) is 6.88. The van der Waals surface area contributed by atoms with E-state index in [-0.39, 0.29) is 16.0 Å². The third kappa shape index (κ3) is 7.90. The molecule has 28 heavy (non-hydrogen) atoms. The van der Waals surface area contributed by atoms with Gasteiger partial charge in [-0.05, 0) is 64.3 Å². The fourth-order valence-electron chi connectivity index (χ4n) is 1.89. The molecule has 0 fully saturated rings. The fourth-order valence-corrected chi connectivity index (χ4v) is 4.30. The van der Waals surface area contributed by atoms with E-state index in [0.29, 0.717) is 19.8 Å². The van der Waals surface area contributed by atoms with Crippen molar-refractivity contribution >= 4 is 32.6 Å². The Kier molecular flexibility index (Phi) is 8.97. The highest BCUT2D eigenvalue weighted by Gasteiger charge is 2.39. The van der Waals surface area contributed by atoms with Gasteiger partial charge in [0.1, 0.15) is 10.4 Å². The molecule has 0 aliphatic rings. The standard InChI is InChI=1S/C21H40BrNO3Si2/c1-20(2,3)27(7,8)25-15-17(16-26-28(9,10)21(4,5)6)14-24-18-11-12-19(22)23-13-18/h11-13,17H,14-16H2,1-10H3. The topological polar surface area (TPSA) is 40.6 Å². The van der Waals surface area contributed by atoms with Gasteiger partial charge in [-0.15, -0.1) is 0 Å². The van der Waals surface area contributed by atoms with Crippen molar-refractivity contribution in [2.75, 3.05) is 19.8 Å². The van der Waals surface area contributed by atoms with E-state index in [9.17, 15) is 0 Å². The molecule has 0 bridgehead atoms. The van der Waals surface area contributed by atoms with Gasteiger partial charge in [0.25, 0.3) is 0 Å². The molecule has 4 nitrogen and oxygen atoms in total. The second-order valence-corrected chi connectivity index (χ2v) is 21.1. The number of pyridine rings is 1. The van der Waals surface area contributed by atoms with Crippen LogP contribution in [0.4, 0.5) is 0 Å². The van der Waals surface area contributed by atoms with E-state index in [1.54, 1.807) is 6.20 Å². The summed E-state index contributed by atoms with van der Waals surface area (Å²) >= 11 is 3.36. The van der Waals surface area contributed by atoms with Crippen LogP contribution < -0.4 is 4.74 Å². The Labute approximate surface area is 183 Å². The molecule has 0 saturated carbocycles. The number of aromatic nitrogens is 1. The molecule has 0 aliphatic carbocycles. The third-order valence-electron chi connectivity index (χ3n) is 6.16. The molecule has 1 heterocycles. The lowest BCUT2D eigenvalue weighted by Crippen LogP contribution is -2.45. The lowest BCUT2D eigenvalue weighted by Gasteiger charge is -2.39. The second-order valence-electron chi connectivity index (χ2n) is 10.6. The maximum atomic E-state index is 6.49. The molecule has 0 saturated heterocycles. The van der Waals surface area contributed by atoms with Crippen molar-refractivity contribution < 1.29 is 13.6 Å². The van der Waals surface area contributed by atoms with Crippen LogP contribution in [-0.2, 0) is 8.85 Å². The van der Waals surface area contributed by atoms with Crippen LogP contribution in [0.5, 0.6) is 5.75 Å². The zero-order chi connectivity index (χ0) is 21.8. The monoisotopic (exact) mass is 489 g/mol. The minimum absolute atomic E-state index is 0.187. The van der Waals surface area contributed by atoms with E-state index in [4.69, 9.17) is 13.6 Å². The van der Waals surface area contributed by atoms with Gasteiger partial charge in [-0.1, -0.05) is 41.5 Å². The maximum absolute atomic E-state index is 6.49. The molecule has 0 spiro atoms. The lowest BCUT2D eigenvalue weighted by molar-refractivity contribution is 0.113. The summed E-state index contributed by atoms with van der Waals surface area (Å²) < 4.78 is 19.8. The van der Waals surface area contributed by atoms with Gasteiger partial charge in [0.2, 0.25) is 0 Å². The van der Waals surface area contributed by atoms with E-state index >= 15 is 0 Å². The summed E-state index contributed by atoms with van der Waals surface area (Å²) in [6.45, 7) is 24.7. The first-order valence-electron chi connectivity index (χ1n) is 10.1. The fraction of sp³-hybridized carbons (Fsp3) is 0.762. The number of ether oxygens (including phenoxy) is 1. The quantitative estimate of drug-likeness (QED) is 0.279. The first kappa shape index (κ1) is 25.8. The van der Waals surface area contributed by atoms with Gasteiger partial charge in [-0.25, -0.2) is 4.98 Å². The third-order valence-corrected chi connectivity index (χ3v) is 15.6. The number of rotatable bonds is 9. The van der Waals surface area contributed by atoms with Crippen LogP contribution in [0.25, 0.3) is 0 Å². The Morgan fingerprint density at radius 3 is 1.68 bits per heavy atom. The summed E-state index contributed by atoms with van der Waals surface area (Å²) in [5, 5.41) is 0.378. The SMILES string of the molecule is CC(C)(C)[Si](C)(C)OCC(COc1ccc(Br)nc1)CO[Si](C)(C)C(C)(C)C. The highest BCUT2D eigenvalue weighted by molar-refractivity contribution is 9.10. The molecular weight excluding hydrogens is 450 g/mol. The van der Waals surface area contributed by atoms with Crippen LogP contribution in [0.15, 0.2) is 22.9 Å². The summed E-state index contributed by atoms with van der Waals surface area (Å²) in [6, 6.07) is 3.82. The zero-order valence-electron chi connectivity index (χ0n) is 19.5. The molecule has 0 amide bonds. The molecule has 1 rings (SSSR count). The average molecular weight is 491 g/mol. The van der Waals surface area contributed by atoms with Gasteiger partial charge >= 0.3 is 0 Å². The van der Waals surface area contributed by atoms with Crippen LogP contribution >= 0.6 is 15.9 Å². The summed E-state index contributed by atoms with van der Waals surface area (Å²) in [5.41, 5.74) is 0. The van der Waals surface area contributed by atoms with E-state index in [2.05, 4.69) is 88.6 Å². The number of halogens is 1. The normalized spacial score (nSPS) is 13.9. The maximum Gasteiger partial charge on any atom is 0.191 e. The van der Waals surface area contributed by atoms with Crippen molar-refractivity contribution in [2.24, 2.45) is 5.92 Å². The molecule has 1 aromatic heterocycles. The van der Waals surface area contributed by atoms with Crippen molar-refractivity contribution in [3.05, 3.63) is 22.9 Å². The van der Waals surface area contributed by atoms with E-state index in [0.717, 1.165) is 10.4 Å². The molecule has 7 heteroatoms. The number of hydrogen-bond donors (Lipinski definition) is 0. The Balaban J connectivity index is 2.79. The van der Waals surface area contributed by atoms with Crippen molar-refractivity contribution in [1.29, 1.82) is 0 Å². The van der Waals surface area contributed by atoms with Gasteiger partial charge in [0.15, 0.2) is 16.6 Å². The van der Waals surface area contributed by atoms with E-state index < -0.39 is 16.6 Å². The minimum atomic E-state index is -1.81. The van der Waals surface area contributed by atoms with E-state index in [1.807, 2.05) is 12.1 Å². The summed E-state index contributed by atoms with van der Waals surface area (Å²) in [6.07, 6.45) is 1.74. The average Bonchev–Trinajstić information content (AvgIpc) is 2.53. The smallest absolute Gasteiger partial charge is 0.191 e. The summed E-state index contributed by atoms with van der Waals surface area (Å²) in [5.74, 6) is 0.958. The number of hydrogen-bond acceptors (Lipinski definition) is 4. The highest BCUT2D eigenvalue weighted by atomic mass is 79.9. The molecule has 1 aromatic rings. The predicted molar refractivity (Wildman–Crippen MR) is 127 cm³/mol.